The van der Waals surface area contributed by atoms with Crippen LogP contribution in [0.4, 0.5) is 0 Å². The van der Waals surface area contributed by atoms with E-state index in [4.69, 9.17) is 11.5 Å². The van der Waals surface area contributed by atoms with E-state index in [0.717, 1.165) is 5.75 Å². The van der Waals surface area contributed by atoms with E-state index in [-0.39, 0.29) is 12.3 Å². The van der Waals surface area contributed by atoms with E-state index in [1.807, 2.05) is 6.26 Å². The van der Waals surface area contributed by atoms with Crippen LogP contribution in [0.1, 0.15) is 22.7 Å². The number of carbonyl (C=O) groups is 1. The number of hydrogen-bond donors (Lipinski definition) is 2. The maximum absolute atomic E-state index is 11.9. The second kappa shape index (κ2) is 6.57. The zero-order valence-electron chi connectivity index (χ0n) is 9.22. The topological polar surface area (TPSA) is 94.9 Å². The molecule has 88 valence electrons. The van der Waals surface area contributed by atoms with E-state index in [0.29, 0.717) is 17.9 Å². The van der Waals surface area contributed by atoms with Crippen LogP contribution < -0.4 is 11.5 Å². The molecule has 0 amide bonds. The van der Waals surface area contributed by atoms with Gasteiger partial charge in [-0.05, 0) is 24.5 Å². The second-order valence-corrected chi connectivity index (χ2v) is 4.30. The molecule has 1 rings (SSSR count). The molecule has 0 bridgehead atoms. The molecule has 0 radical (unpaired) electrons. The van der Waals surface area contributed by atoms with Crippen LogP contribution >= 0.6 is 11.8 Å². The zero-order chi connectivity index (χ0) is 12.0. The molecule has 0 aliphatic rings. The van der Waals surface area contributed by atoms with Gasteiger partial charge in [0, 0.05) is 6.20 Å². The third-order valence-corrected chi connectivity index (χ3v) is 2.75. The van der Waals surface area contributed by atoms with Gasteiger partial charge in [-0.1, -0.05) is 0 Å². The highest BCUT2D eigenvalue weighted by Crippen LogP contribution is 2.05. The van der Waals surface area contributed by atoms with Crippen LogP contribution in [0, 0.1) is 0 Å². The molecule has 0 aromatic carbocycles. The van der Waals surface area contributed by atoms with Crippen molar-refractivity contribution in [3.63, 3.8) is 0 Å². The standard InChI is InChI=1S/C10H16N4OS/c1-16-5-3-7(12)10(15)8-2-4-13-9(6-11)14-8/h2,4,7H,3,5-6,11-12H2,1H3/t7-/m0/s1. The maximum Gasteiger partial charge on any atom is 0.197 e. The highest BCUT2D eigenvalue weighted by atomic mass is 32.2. The zero-order valence-corrected chi connectivity index (χ0v) is 10.0. The lowest BCUT2D eigenvalue weighted by Gasteiger charge is -2.09. The third-order valence-electron chi connectivity index (χ3n) is 2.11. The van der Waals surface area contributed by atoms with E-state index in [2.05, 4.69) is 9.97 Å². The average Bonchev–Trinajstić information content (AvgIpc) is 2.35. The van der Waals surface area contributed by atoms with Gasteiger partial charge in [0.15, 0.2) is 5.78 Å². The molecule has 0 spiro atoms. The normalized spacial score (nSPS) is 12.4. The smallest absolute Gasteiger partial charge is 0.197 e. The summed E-state index contributed by atoms with van der Waals surface area (Å²) in [5.74, 6) is 1.18. The first-order valence-corrected chi connectivity index (χ1v) is 6.39. The second-order valence-electron chi connectivity index (χ2n) is 3.31. The minimum absolute atomic E-state index is 0.147. The fourth-order valence-electron chi connectivity index (χ4n) is 1.20. The van der Waals surface area contributed by atoms with Gasteiger partial charge < -0.3 is 11.5 Å². The van der Waals surface area contributed by atoms with Crippen molar-refractivity contribution in [2.75, 3.05) is 12.0 Å². The van der Waals surface area contributed by atoms with Crippen molar-refractivity contribution in [3.8, 4) is 0 Å². The molecule has 0 saturated heterocycles. The lowest BCUT2D eigenvalue weighted by molar-refractivity contribution is 0.0954. The fourth-order valence-corrected chi connectivity index (χ4v) is 1.69. The number of Topliss-reactive ketones (excluding diaryl/α,β-unsaturated/α-hetero) is 1. The summed E-state index contributed by atoms with van der Waals surface area (Å²) in [5.41, 5.74) is 11.5. The Morgan fingerprint density at radius 1 is 1.62 bits per heavy atom. The summed E-state index contributed by atoms with van der Waals surface area (Å²) >= 11 is 1.67. The first kappa shape index (κ1) is 13.1. The molecule has 1 aromatic rings. The Morgan fingerprint density at radius 3 is 3.00 bits per heavy atom. The molecule has 5 nitrogen and oxygen atoms in total. The molecule has 6 heteroatoms. The van der Waals surface area contributed by atoms with Gasteiger partial charge in [0.2, 0.25) is 0 Å². The minimum Gasteiger partial charge on any atom is -0.324 e. The molecule has 0 aliphatic heterocycles. The van der Waals surface area contributed by atoms with E-state index in [1.54, 1.807) is 17.8 Å². The van der Waals surface area contributed by atoms with Crippen LogP contribution in [0.5, 0.6) is 0 Å². The van der Waals surface area contributed by atoms with Crippen molar-refractivity contribution in [2.24, 2.45) is 11.5 Å². The maximum atomic E-state index is 11.9. The SMILES string of the molecule is CSCC[C@H](N)C(=O)c1ccnc(CN)n1. The Labute approximate surface area is 99.0 Å². The van der Waals surface area contributed by atoms with Crippen LogP contribution in [0.3, 0.4) is 0 Å². The van der Waals surface area contributed by atoms with Gasteiger partial charge in [-0.3, -0.25) is 4.79 Å². The fraction of sp³-hybridized carbons (Fsp3) is 0.500. The molecular formula is C10H16N4OS. The number of carbonyl (C=O) groups excluding carboxylic acids is 1. The summed E-state index contributed by atoms with van der Waals surface area (Å²) in [7, 11) is 0. The number of thioether (sulfide) groups is 1. The van der Waals surface area contributed by atoms with Crippen LogP contribution in [-0.4, -0.2) is 33.8 Å². The van der Waals surface area contributed by atoms with Crippen molar-refractivity contribution in [2.45, 2.75) is 19.0 Å². The Hall–Kier alpha value is -0.980. The molecule has 1 atom stereocenters. The summed E-state index contributed by atoms with van der Waals surface area (Å²) in [6.45, 7) is 0.223. The largest absolute Gasteiger partial charge is 0.324 e. The number of nitrogens with two attached hydrogens (primary N) is 2. The van der Waals surface area contributed by atoms with Crippen molar-refractivity contribution in [1.29, 1.82) is 0 Å². The van der Waals surface area contributed by atoms with Gasteiger partial charge in [-0.2, -0.15) is 11.8 Å². The van der Waals surface area contributed by atoms with E-state index >= 15 is 0 Å². The van der Waals surface area contributed by atoms with Gasteiger partial charge in [-0.15, -0.1) is 0 Å². The lowest BCUT2D eigenvalue weighted by atomic mass is 10.1. The summed E-state index contributed by atoms with van der Waals surface area (Å²) in [6, 6.07) is 1.08. The highest BCUT2D eigenvalue weighted by molar-refractivity contribution is 7.98. The Kier molecular flexibility index (Phi) is 5.37. The predicted molar refractivity (Wildman–Crippen MR) is 65.2 cm³/mol. The number of rotatable bonds is 6. The molecule has 16 heavy (non-hydrogen) atoms. The van der Waals surface area contributed by atoms with Gasteiger partial charge in [0.1, 0.15) is 11.5 Å². The van der Waals surface area contributed by atoms with E-state index in [1.165, 1.54) is 6.20 Å². The number of nitrogens with zero attached hydrogens (tertiary/aromatic N) is 2. The summed E-state index contributed by atoms with van der Waals surface area (Å²) < 4.78 is 0. The average molecular weight is 240 g/mol. The van der Waals surface area contributed by atoms with Crippen molar-refractivity contribution in [3.05, 3.63) is 23.8 Å². The van der Waals surface area contributed by atoms with Crippen molar-refractivity contribution < 1.29 is 4.79 Å². The quantitative estimate of drug-likeness (QED) is 0.690. The number of aromatic nitrogens is 2. The van der Waals surface area contributed by atoms with E-state index < -0.39 is 6.04 Å². The number of ketones is 1. The molecule has 0 unspecified atom stereocenters. The molecule has 0 aliphatic carbocycles. The number of hydrogen-bond acceptors (Lipinski definition) is 6. The first-order valence-electron chi connectivity index (χ1n) is 4.99. The van der Waals surface area contributed by atoms with Gasteiger partial charge in [-0.25, -0.2) is 9.97 Å². The van der Waals surface area contributed by atoms with Crippen LogP contribution in [0.25, 0.3) is 0 Å². The molecule has 4 N–H and O–H groups in total. The molecule has 1 aromatic heterocycles. The Balaban J connectivity index is 2.71. The monoisotopic (exact) mass is 240 g/mol. The van der Waals surface area contributed by atoms with Crippen molar-refractivity contribution in [1.82, 2.24) is 9.97 Å². The van der Waals surface area contributed by atoms with Crippen LogP contribution in [0.15, 0.2) is 12.3 Å². The highest BCUT2D eigenvalue weighted by Gasteiger charge is 2.16. The molecule has 1 heterocycles. The van der Waals surface area contributed by atoms with Gasteiger partial charge in [0.05, 0.1) is 12.6 Å². The first-order chi connectivity index (χ1) is 7.69. The van der Waals surface area contributed by atoms with Crippen LogP contribution in [-0.2, 0) is 6.54 Å². The van der Waals surface area contributed by atoms with E-state index in [9.17, 15) is 4.79 Å². The third kappa shape index (κ3) is 3.55. The minimum atomic E-state index is -0.493. The Morgan fingerprint density at radius 2 is 2.38 bits per heavy atom. The lowest BCUT2D eigenvalue weighted by Crippen LogP contribution is -2.32. The van der Waals surface area contributed by atoms with Crippen LogP contribution in [0.2, 0.25) is 0 Å². The van der Waals surface area contributed by atoms with Gasteiger partial charge in [0.25, 0.3) is 0 Å². The molecule has 0 saturated carbocycles. The molecule has 0 fully saturated rings. The summed E-state index contributed by atoms with van der Waals surface area (Å²) in [5, 5.41) is 0. The summed E-state index contributed by atoms with van der Waals surface area (Å²) in [4.78, 5) is 19.8. The van der Waals surface area contributed by atoms with Gasteiger partial charge >= 0.3 is 0 Å². The summed E-state index contributed by atoms with van der Waals surface area (Å²) in [6.07, 6.45) is 4.17. The Bertz CT molecular complexity index is 358. The molecular weight excluding hydrogens is 224 g/mol. The van der Waals surface area contributed by atoms with Crippen molar-refractivity contribution >= 4 is 17.5 Å². The predicted octanol–water partition coefficient (Wildman–Crippen LogP) is 0.198.